The Labute approximate surface area is 130 Å². The number of methoxy groups -OCH3 is 1. The molecule has 1 atom stereocenters. The van der Waals surface area contributed by atoms with Gasteiger partial charge in [-0.15, -0.1) is 6.58 Å². The number of rotatable bonds is 4. The van der Waals surface area contributed by atoms with E-state index in [0.29, 0.717) is 6.42 Å². The molecule has 2 aromatic rings. The van der Waals surface area contributed by atoms with Gasteiger partial charge >= 0.3 is 0 Å². The molecule has 3 heteroatoms. The van der Waals surface area contributed by atoms with Crippen molar-refractivity contribution in [3.63, 3.8) is 0 Å². The third-order valence-electron chi connectivity index (χ3n) is 4.30. The van der Waals surface area contributed by atoms with Crippen molar-refractivity contribution in [1.29, 1.82) is 0 Å². The van der Waals surface area contributed by atoms with Gasteiger partial charge in [-0.3, -0.25) is 4.79 Å². The molecule has 0 radical (unpaired) electrons. The number of hydrogen-bond donors (Lipinski definition) is 0. The first-order valence-corrected chi connectivity index (χ1v) is 7.29. The Balaban J connectivity index is 2.34. The van der Waals surface area contributed by atoms with Crippen molar-refractivity contribution in [2.24, 2.45) is 0 Å². The average molecular weight is 293 g/mol. The van der Waals surface area contributed by atoms with Crippen molar-refractivity contribution in [2.75, 3.05) is 19.1 Å². The maximum absolute atomic E-state index is 13.0. The molecule has 2 aromatic carbocycles. The summed E-state index contributed by atoms with van der Waals surface area (Å²) in [5, 5.41) is 0. The van der Waals surface area contributed by atoms with Gasteiger partial charge in [-0.2, -0.15) is 0 Å². The number of anilines is 1. The molecule has 0 fully saturated rings. The van der Waals surface area contributed by atoms with E-state index in [0.717, 1.165) is 22.4 Å². The quantitative estimate of drug-likeness (QED) is 0.810. The van der Waals surface area contributed by atoms with Gasteiger partial charge in [0, 0.05) is 19.7 Å². The third kappa shape index (κ3) is 1.82. The van der Waals surface area contributed by atoms with E-state index >= 15 is 0 Å². The average Bonchev–Trinajstić information content (AvgIpc) is 2.79. The highest BCUT2D eigenvalue weighted by molar-refractivity contribution is 6.09. The monoisotopic (exact) mass is 293 g/mol. The van der Waals surface area contributed by atoms with Gasteiger partial charge in [-0.05, 0) is 23.6 Å². The van der Waals surface area contributed by atoms with Gasteiger partial charge in [0.15, 0.2) is 5.60 Å². The Morgan fingerprint density at radius 2 is 1.91 bits per heavy atom. The molecule has 1 heterocycles. The van der Waals surface area contributed by atoms with Crippen LogP contribution in [0.15, 0.2) is 61.2 Å². The maximum atomic E-state index is 13.0. The van der Waals surface area contributed by atoms with Crippen LogP contribution in [0.1, 0.15) is 16.7 Å². The van der Waals surface area contributed by atoms with Crippen molar-refractivity contribution >= 4 is 11.6 Å². The molecular formula is C19H19NO2. The van der Waals surface area contributed by atoms with Crippen LogP contribution in [0.3, 0.4) is 0 Å². The summed E-state index contributed by atoms with van der Waals surface area (Å²) in [6, 6.07) is 15.6. The lowest BCUT2D eigenvalue weighted by molar-refractivity contribution is -0.134. The molecular weight excluding hydrogens is 274 g/mol. The van der Waals surface area contributed by atoms with Gasteiger partial charge < -0.3 is 9.64 Å². The molecule has 1 aliphatic heterocycles. The molecule has 3 rings (SSSR count). The van der Waals surface area contributed by atoms with Crippen molar-refractivity contribution in [2.45, 2.75) is 12.0 Å². The minimum atomic E-state index is -1.08. The largest absolute Gasteiger partial charge is 0.359 e. The molecule has 112 valence electrons. The summed E-state index contributed by atoms with van der Waals surface area (Å²) in [5.74, 6) is -0.0623. The lowest BCUT2D eigenvalue weighted by atomic mass is 9.83. The summed E-state index contributed by atoms with van der Waals surface area (Å²) < 4.78 is 5.86. The number of carbonyl (C=O) groups excluding carboxylic acids is 1. The van der Waals surface area contributed by atoms with Crippen molar-refractivity contribution < 1.29 is 9.53 Å². The number of ether oxygens (including phenoxy) is 1. The summed E-state index contributed by atoms with van der Waals surface area (Å²) in [4.78, 5) is 14.7. The second-order valence-electron chi connectivity index (χ2n) is 5.42. The fourth-order valence-corrected chi connectivity index (χ4v) is 3.30. The summed E-state index contributed by atoms with van der Waals surface area (Å²) in [5.41, 5.74) is 2.66. The van der Waals surface area contributed by atoms with Crippen molar-refractivity contribution in [3.8, 4) is 0 Å². The van der Waals surface area contributed by atoms with Crippen LogP contribution in [0, 0.1) is 0 Å². The fourth-order valence-electron chi connectivity index (χ4n) is 3.30. The van der Waals surface area contributed by atoms with Crippen LogP contribution in [0.4, 0.5) is 5.69 Å². The maximum Gasteiger partial charge on any atom is 0.268 e. The van der Waals surface area contributed by atoms with Crippen LogP contribution in [-0.2, 0) is 21.6 Å². The zero-order chi connectivity index (χ0) is 15.7. The number of amides is 1. The first kappa shape index (κ1) is 14.5. The van der Waals surface area contributed by atoms with E-state index in [2.05, 4.69) is 6.58 Å². The number of benzene rings is 2. The van der Waals surface area contributed by atoms with Gasteiger partial charge in [0.25, 0.3) is 5.91 Å². The van der Waals surface area contributed by atoms with Crippen LogP contribution in [0.25, 0.3) is 0 Å². The van der Waals surface area contributed by atoms with Crippen LogP contribution in [0.5, 0.6) is 0 Å². The summed E-state index contributed by atoms with van der Waals surface area (Å²) in [6.45, 7) is 3.83. The molecule has 0 aromatic heterocycles. The molecule has 1 amide bonds. The molecule has 22 heavy (non-hydrogen) atoms. The van der Waals surface area contributed by atoms with E-state index in [1.807, 2.05) is 54.6 Å². The van der Waals surface area contributed by atoms with E-state index in [9.17, 15) is 4.79 Å². The van der Waals surface area contributed by atoms with Crippen LogP contribution in [0.2, 0.25) is 0 Å². The Bertz CT molecular complexity index is 723. The highest BCUT2D eigenvalue weighted by atomic mass is 16.5. The zero-order valence-corrected chi connectivity index (χ0v) is 12.9. The standard InChI is InChI=1S/C19H19NO2/c1-4-9-14-10-8-13-16-17(14)19(22-3,18(21)20(16)2)15-11-6-5-7-12-15/h4-8,10-13H,1,9H2,2-3H3. The number of allylic oxidation sites excluding steroid dienone is 1. The van der Waals surface area contributed by atoms with E-state index in [1.54, 1.807) is 19.1 Å². The van der Waals surface area contributed by atoms with E-state index in [-0.39, 0.29) is 5.91 Å². The van der Waals surface area contributed by atoms with E-state index in [1.165, 1.54) is 0 Å². The molecule has 0 saturated heterocycles. The van der Waals surface area contributed by atoms with Gasteiger partial charge in [0.1, 0.15) is 0 Å². The molecule has 0 spiro atoms. The van der Waals surface area contributed by atoms with E-state index in [4.69, 9.17) is 4.74 Å². The minimum Gasteiger partial charge on any atom is -0.359 e. The minimum absolute atomic E-state index is 0.0623. The zero-order valence-electron chi connectivity index (χ0n) is 12.9. The highest BCUT2D eigenvalue weighted by Crippen LogP contribution is 2.47. The normalized spacial score (nSPS) is 20.1. The Hall–Kier alpha value is -2.39. The van der Waals surface area contributed by atoms with Gasteiger partial charge in [0.05, 0.1) is 5.69 Å². The highest BCUT2D eigenvalue weighted by Gasteiger charge is 2.52. The van der Waals surface area contributed by atoms with Gasteiger partial charge in [0.2, 0.25) is 0 Å². The lowest BCUT2D eigenvalue weighted by Crippen LogP contribution is -2.41. The smallest absolute Gasteiger partial charge is 0.268 e. The number of hydrogen-bond acceptors (Lipinski definition) is 2. The first-order chi connectivity index (χ1) is 10.7. The first-order valence-electron chi connectivity index (χ1n) is 7.29. The van der Waals surface area contributed by atoms with E-state index < -0.39 is 5.60 Å². The summed E-state index contributed by atoms with van der Waals surface area (Å²) in [6.07, 6.45) is 2.55. The molecule has 1 aliphatic rings. The molecule has 0 bridgehead atoms. The molecule has 0 saturated carbocycles. The van der Waals surface area contributed by atoms with Gasteiger partial charge in [-0.25, -0.2) is 0 Å². The predicted octanol–water partition coefficient (Wildman–Crippen LogP) is 3.28. The number of nitrogens with zero attached hydrogens (tertiary/aromatic N) is 1. The molecule has 0 aliphatic carbocycles. The van der Waals surface area contributed by atoms with Crippen LogP contribution >= 0.6 is 0 Å². The van der Waals surface area contributed by atoms with Crippen LogP contribution < -0.4 is 4.90 Å². The predicted molar refractivity (Wildman–Crippen MR) is 88.0 cm³/mol. The number of likely N-dealkylation sites (N-methyl/N-ethyl adjacent to an activating group) is 1. The van der Waals surface area contributed by atoms with Crippen LogP contribution in [-0.4, -0.2) is 20.1 Å². The Morgan fingerprint density at radius 3 is 2.55 bits per heavy atom. The second-order valence-corrected chi connectivity index (χ2v) is 5.42. The molecule has 1 unspecified atom stereocenters. The summed E-state index contributed by atoms with van der Waals surface area (Å²) >= 11 is 0. The fraction of sp³-hybridized carbons (Fsp3) is 0.211. The SMILES string of the molecule is C=CCc1cccc2c1C(OC)(c1ccccc1)C(=O)N2C. The lowest BCUT2D eigenvalue weighted by Gasteiger charge is -2.28. The topological polar surface area (TPSA) is 29.5 Å². The van der Waals surface area contributed by atoms with Gasteiger partial charge in [-0.1, -0.05) is 48.5 Å². The third-order valence-corrected chi connectivity index (χ3v) is 4.30. The van der Waals surface area contributed by atoms with Crippen molar-refractivity contribution in [1.82, 2.24) is 0 Å². The molecule has 3 nitrogen and oxygen atoms in total. The van der Waals surface area contributed by atoms with Crippen molar-refractivity contribution in [3.05, 3.63) is 77.9 Å². The number of fused-ring (bicyclic) bond motifs is 1. The second kappa shape index (κ2) is 5.43. The summed E-state index contributed by atoms with van der Waals surface area (Å²) in [7, 11) is 3.39. The number of carbonyl (C=O) groups is 1. The molecule has 0 N–H and O–H groups in total. The Kier molecular flexibility index (Phi) is 3.59. The Morgan fingerprint density at radius 1 is 1.18 bits per heavy atom.